The average molecular weight is 258 g/mol. The molecule has 0 bridgehead atoms. The Labute approximate surface area is 112 Å². The molecule has 5 heteroatoms. The quantitative estimate of drug-likeness (QED) is 0.671. The summed E-state index contributed by atoms with van der Waals surface area (Å²) in [5.41, 5.74) is 9.08. The van der Waals surface area contributed by atoms with Crippen LogP contribution in [0.3, 0.4) is 0 Å². The average Bonchev–Trinajstić information content (AvgIpc) is 2.74. The largest absolute Gasteiger partial charge is 0.398 e. The van der Waals surface area contributed by atoms with Gasteiger partial charge >= 0.3 is 0 Å². The van der Waals surface area contributed by atoms with E-state index in [9.17, 15) is 4.79 Å². The number of carbonyl (C=O) groups excluding carboxylic acids is 1. The molecule has 1 heterocycles. The molecule has 100 valence electrons. The summed E-state index contributed by atoms with van der Waals surface area (Å²) in [5, 5.41) is 4.14. The highest BCUT2D eigenvalue weighted by molar-refractivity contribution is 5.99. The first-order valence-corrected chi connectivity index (χ1v) is 6.06. The molecule has 0 radical (unpaired) electrons. The van der Waals surface area contributed by atoms with Crippen LogP contribution < -0.4 is 10.6 Å². The Morgan fingerprint density at radius 3 is 2.74 bits per heavy atom. The van der Waals surface area contributed by atoms with E-state index in [2.05, 4.69) is 10.00 Å². The monoisotopic (exact) mass is 258 g/mol. The lowest BCUT2D eigenvalue weighted by Gasteiger charge is -2.19. The van der Waals surface area contributed by atoms with E-state index in [1.54, 1.807) is 10.7 Å². The van der Waals surface area contributed by atoms with E-state index in [1.165, 1.54) is 6.92 Å². The minimum atomic E-state index is -0.0148. The van der Waals surface area contributed by atoms with Crippen molar-refractivity contribution in [3.05, 3.63) is 41.7 Å². The van der Waals surface area contributed by atoms with Crippen LogP contribution in [0.25, 0.3) is 0 Å². The SMILES string of the molecule is CC(=O)c1ccc(N(C)Cc2cnn(C)c2)cc1N. The van der Waals surface area contributed by atoms with E-state index in [1.807, 2.05) is 38.6 Å². The molecule has 0 fully saturated rings. The van der Waals surface area contributed by atoms with Crippen molar-refractivity contribution in [3.8, 4) is 0 Å². The second kappa shape index (κ2) is 5.14. The molecular weight excluding hydrogens is 240 g/mol. The smallest absolute Gasteiger partial charge is 0.161 e. The Hall–Kier alpha value is -2.30. The van der Waals surface area contributed by atoms with E-state index < -0.39 is 0 Å². The predicted octanol–water partition coefficient (Wildman–Crippen LogP) is 1.84. The minimum absolute atomic E-state index is 0.0148. The third-order valence-corrected chi connectivity index (χ3v) is 3.03. The van der Waals surface area contributed by atoms with Gasteiger partial charge in [0.05, 0.1) is 6.20 Å². The number of benzene rings is 1. The number of nitrogen functional groups attached to an aromatic ring is 1. The molecule has 2 N–H and O–H groups in total. The first-order chi connectivity index (χ1) is 8.97. The van der Waals surface area contributed by atoms with Crippen LogP contribution in [-0.2, 0) is 13.6 Å². The normalized spacial score (nSPS) is 10.5. The van der Waals surface area contributed by atoms with Crippen molar-refractivity contribution in [2.24, 2.45) is 7.05 Å². The van der Waals surface area contributed by atoms with Crippen LogP contribution in [-0.4, -0.2) is 22.6 Å². The number of carbonyl (C=O) groups is 1. The fourth-order valence-corrected chi connectivity index (χ4v) is 2.03. The maximum absolute atomic E-state index is 11.3. The number of ketones is 1. The van der Waals surface area contributed by atoms with Gasteiger partial charge in [0.2, 0.25) is 0 Å². The van der Waals surface area contributed by atoms with Crippen molar-refractivity contribution in [2.75, 3.05) is 17.7 Å². The van der Waals surface area contributed by atoms with Gasteiger partial charge in [-0.2, -0.15) is 5.10 Å². The molecule has 0 unspecified atom stereocenters. The summed E-state index contributed by atoms with van der Waals surface area (Å²) in [4.78, 5) is 13.4. The first-order valence-electron chi connectivity index (χ1n) is 6.06. The summed E-state index contributed by atoms with van der Waals surface area (Å²) in [5.74, 6) is -0.0148. The number of rotatable bonds is 4. The third kappa shape index (κ3) is 2.93. The maximum atomic E-state index is 11.3. The lowest BCUT2D eigenvalue weighted by atomic mass is 10.1. The summed E-state index contributed by atoms with van der Waals surface area (Å²) in [6, 6.07) is 5.50. The molecule has 0 spiro atoms. The Bertz CT molecular complexity index is 603. The van der Waals surface area contributed by atoms with Gasteiger partial charge in [0.25, 0.3) is 0 Å². The Morgan fingerprint density at radius 1 is 1.47 bits per heavy atom. The molecule has 0 atom stereocenters. The fourth-order valence-electron chi connectivity index (χ4n) is 2.03. The molecule has 0 saturated carbocycles. The highest BCUT2D eigenvalue weighted by Crippen LogP contribution is 2.22. The molecule has 5 nitrogen and oxygen atoms in total. The third-order valence-electron chi connectivity index (χ3n) is 3.03. The Balaban J connectivity index is 2.17. The molecule has 1 aromatic heterocycles. The molecular formula is C14H18N4O. The number of aromatic nitrogens is 2. The summed E-state index contributed by atoms with van der Waals surface area (Å²) < 4.78 is 1.77. The van der Waals surface area contributed by atoms with Gasteiger partial charge in [-0.3, -0.25) is 9.48 Å². The fraction of sp³-hybridized carbons (Fsp3) is 0.286. The molecule has 0 aliphatic rings. The summed E-state index contributed by atoms with van der Waals surface area (Å²) in [7, 11) is 3.87. The van der Waals surface area contributed by atoms with E-state index >= 15 is 0 Å². The number of nitrogens with two attached hydrogens (primary N) is 1. The number of aryl methyl sites for hydroxylation is 1. The van der Waals surface area contributed by atoms with E-state index in [-0.39, 0.29) is 5.78 Å². The van der Waals surface area contributed by atoms with Crippen LogP contribution in [0, 0.1) is 0 Å². The van der Waals surface area contributed by atoms with Crippen LogP contribution in [0.4, 0.5) is 11.4 Å². The summed E-state index contributed by atoms with van der Waals surface area (Å²) >= 11 is 0. The van der Waals surface area contributed by atoms with Crippen LogP contribution in [0.2, 0.25) is 0 Å². The Morgan fingerprint density at radius 2 is 2.21 bits per heavy atom. The molecule has 2 rings (SSSR count). The van der Waals surface area contributed by atoms with E-state index in [0.29, 0.717) is 11.3 Å². The zero-order valence-corrected chi connectivity index (χ0v) is 11.4. The van der Waals surface area contributed by atoms with Crippen LogP contribution in [0.15, 0.2) is 30.6 Å². The maximum Gasteiger partial charge on any atom is 0.161 e. The Kier molecular flexibility index (Phi) is 3.55. The van der Waals surface area contributed by atoms with Gasteiger partial charge in [0.15, 0.2) is 5.78 Å². The molecule has 0 saturated heterocycles. The highest BCUT2D eigenvalue weighted by Gasteiger charge is 2.08. The molecule has 1 aromatic carbocycles. The van der Waals surface area contributed by atoms with Gasteiger partial charge in [-0.25, -0.2) is 0 Å². The number of Topliss-reactive ketones (excluding diaryl/α,β-unsaturated/α-hetero) is 1. The van der Waals surface area contributed by atoms with Gasteiger partial charge in [-0.1, -0.05) is 0 Å². The zero-order valence-electron chi connectivity index (χ0n) is 11.4. The predicted molar refractivity (Wildman–Crippen MR) is 76.2 cm³/mol. The van der Waals surface area contributed by atoms with E-state index in [0.717, 1.165) is 17.8 Å². The standard InChI is InChI=1S/C14H18N4O/c1-10(19)13-5-4-12(6-14(13)15)17(2)8-11-7-16-18(3)9-11/h4-7,9H,8,15H2,1-3H3. The van der Waals surface area contributed by atoms with Crippen LogP contribution in [0.1, 0.15) is 22.8 Å². The molecule has 2 aromatic rings. The van der Waals surface area contributed by atoms with Crippen molar-refractivity contribution in [3.63, 3.8) is 0 Å². The molecule has 0 aliphatic carbocycles. The van der Waals surface area contributed by atoms with Gasteiger partial charge in [0.1, 0.15) is 0 Å². The summed E-state index contributed by atoms with van der Waals surface area (Å²) in [6.07, 6.45) is 3.81. The number of nitrogens with zero attached hydrogens (tertiary/aromatic N) is 3. The molecule has 0 amide bonds. The minimum Gasteiger partial charge on any atom is -0.398 e. The van der Waals surface area contributed by atoms with Gasteiger partial charge in [0, 0.05) is 49.3 Å². The topological polar surface area (TPSA) is 64.2 Å². The number of hydrogen-bond acceptors (Lipinski definition) is 4. The van der Waals surface area contributed by atoms with Gasteiger partial charge in [-0.05, 0) is 25.1 Å². The zero-order chi connectivity index (χ0) is 14.0. The first kappa shape index (κ1) is 13.1. The second-order valence-corrected chi connectivity index (χ2v) is 4.71. The lowest BCUT2D eigenvalue weighted by molar-refractivity contribution is 0.101. The number of hydrogen-bond donors (Lipinski definition) is 1. The van der Waals surface area contributed by atoms with E-state index in [4.69, 9.17) is 5.73 Å². The van der Waals surface area contributed by atoms with Crippen molar-refractivity contribution < 1.29 is 4.79 Å². The van der Waals surface area contributed by atoms with Crippen molar-refractivity contribution in [2.45, 2.75) is 13.5 Å². The van der Waals surface area contributed by atoms with Crippen LogP contribution in [0.5, 0.6) is 0 Å². The van der Waals surface area contributed by atoms with Crippen molar-refractivity contribution in [1.82, 2.24) is 9.78 Å². The second-order valence-electron chi connectivity index (χ2n) is 4.71. The molecule has 19 heavy (non-hydrogen) atoms. The van der Waals surface area contributed by atoms with Crippen LogP contribution >= 0.6 is 0 Å². The van der Waals surface area contributed by atoms with Crippen molar-refractivity contribution >= 4 is 17.2 Å². The van der Waals surface area contributed by atoms with Crippen molar-refractivity contribution in [1.29, 1.82) is 0 Å². The highest BCUT2D eigenvalue weighted by atomic mass is 16.1. The lowest BCUT2D eigenvalue weighted by Crippen LogP contribution is -2.16. The van der Waals surface area contributed by atoms with Gasteiger partial charge < -0.3 is 10.6 Å². The van der Waals surface area contributed by atoms with Gasteiger partial charge in [-0.15, -0.1) is 0 Å². The molecule has 0 aliphatic heterocycles. The summed E-state index contributed by atoms with van der Waals surface area (Å²) in [6.45, 7) is 2.26. The number of anilines is 2.